The van der Waals surface area contributed by atoms with Crippen LogP contribution < -0.4 is 0 Å². The zero-order valence-corrected chi connectivity index (χ0v) is 15.3. The molecule has 1 heterocycles. The van der Waals surface area contributed by atoms with E-state index in [1.54, 1.807) is 35.2 Å². The molecule has 1 aliphatic heterocycles. The Morgan fingerprint density at radius 3 is 2.07 bits per heavy atom. The second-order valence-electron chi connectivity index (χ2n) is 6.55. The molecule has 4 heteroatoms. The maximum absolute atomic E-state index is 13.3. The first kappa shape index (κ1) is 17.5. The van der Waals surface area contributed by atoms with Crippen molar-refractivity contribution in [2.75, 3.05) is 0 Å². The molecule has 1 amide bonds. The van der Waals surface area contributed by atoms with E-state index < -0.39 is 5.60 Å². The Kier molecular flexibility index (Phi) is 4.56. The number of rotatable bonds is 4. The van der Waals surface area contributed by atoms with E-state index in [0.29, 0.717) is 22.8 Å². The minimum absolute atomic E-state index is 0.368. The summed E-state index contributed by atoms with van der Waals surface area (Å²) in [6, 6.07) is 26.1. The molecule has 3 aromatic carbocycles. The normalized spacial score (nSPS) is 19.3. The summed E-state index contributed by atoms with van der Waals surface area (Å²) < 4.78 is 0. The topological polar surface area (TPSA) is 40.5 Å². The van der Waals surface area contributed by atoms with Crippen molar-refractivity contribution in [1.29, 1.82) is 0 Å². The molecule has 0 bridgehead atoms. The van der Waals surface area contributed by atoms with Crippen molar-refractivity contribution in [3.63, 3.8) is 0 Å². The van der Waals surface area contributed by atoms with Crippen LogP contribution in [0.4, 0.5) is 0 Å². The molecule has 3 nitrogen and oxygen atoms in total. The van der Waals surface area contributed by atoms with E-state index >= 15 is 0 Å². The summed E-state index contributed by atoms with van der Waals surface area (Å²) in [4.78, 5) is 14.9. The highest BCUT2D eigenvalue weighted by atomic mass is 35.5. The third-order valence-electron chi connectivity index (χ3n) is 4.74. The third-order valence-corrected chi connectivity index (χ3v) is 5.00. The average molecular weight is 376 g/mol. The second-order valence-corrected chi connectivity index (χ2v) is 6.98. The summed E-state index contributed by atoms with van der Waals surface area (Å²) in [7, 11) is 0. The zero-order chi connectivity index (χ0) is 18.9. The Hall–Kier alpha value is -2.88. The van der Waals surface area contributed by atoms with Gasteiger partial charge in [0.2, 0.25) is 0 Å². The van der Waals surface area contributed by atoms with Gasteiger partial charge >= 0.3 is 0 Å². The lowest BCUT2D eigenvalue weighted by Crippen LogP contribution is -2.38. The van der Waals surface area contributed by atoms with Gasteiger partial charge in [0.05, 0.1) is 12.2 Å². The van der Waals surface area contributed by atoms with Gasteiger partial charge in [0.15, 0.2) is 5.60 Å². The molecule has 3 aromatic rings. The van der Waals surface area contributed by atoms with Crippen LogP contribution in [-0.2, 0) is 16.9 Å². The van der Waals surface area contributed by atoms with Gasteiger partial charge < -0.3 is 10.0 Å². The fourth-order valence-corrected chi connectivity index (χ4v) is 3.46. The van der Waals surface area contributed by atoms with Crippen LogP contribution in [0.2, 0.25) is 5.02 Å². The van der Waals surface area contributed by atoms with Crippen LogP contribution in [0.5, 0.6) is 0 Å². The van der Waals surface area contributed by atoms with Gasteiger partial charge in [-0.1, -0.05) is 84.4 Å². The minimum Gasteiger partial charge on any atom is -0.372 e. The molecule has 0 unspecified atom stereocenters. The molecule has 0 fully saturated rings. The van der Waals surface area contributed by atoms with E-state index in [2.05, 4.69) is 0 Å². The highest BCUT2D eigenvalue weighted by Crippen LogP contribution is 2.39. The summed E-state index contributed by atoms with van der Waals surface area (Å²) in [5, 5.41) is 11.8. The van der Waals surface area contributed by atoms with Gasteiger partial charge in [-0.3, -0.25) is 4.79 Å². The van der Waals surface area contributed by atoms with Crippen molar-refractivity contribution in [1.82, 2.24) is 4.90 Å². The Bertz CT molecular complexity index is 984. The highest BCUT2D eigenvalue weighted by molar-refractivity contribution is 6.30. The second kappa shape index (κ2) is 7.03. The van der Waals surface area contributed by atoms with Crippen molar-refractivity contribution in [2.24, 2.45) is 0 Å². The lowest BCUT2D eigenvalue weighted by atomic mass is 9.94. The number of nitrogens with zero attached hydrogens (tertiary/aromatic N) is 1. The van der Waals surface area contributed by atoms with Gasteiger partial charge in [-0.15, -0.1) is 0 Å². The third kappa shape index (κ3) is 3.27. The summed E-state index contributed by atoms with van der Waals surface area (Å²) in [6.07, 6.45) is 1.64. The highest BCUT2D eigenvalue weighted by Gasteiger charge is 2.46. The molecular formula is C23H18ClNO2. The molecular weight excluding hydrogens is 358 g/mol. The lowest BCUT2D eigenvalue weighted by molar-refractivity contribution is -0.142. The van der Waals surface area contributed by atoms with E-state index in [0.717, 1.165) is 11.1 Å². The van der Waals surface area contributed by atoms with E-state index in [9.17, 15) is 9.90 Å². The van der Waals surface area contributed by atoms with Gasteiger partial charge in [-0.25, -0.2) is 0 Å². The quantitative estimate of drug-likeness (QED) is 0.723. The van der Waals surface area contributed by atoms with Crippen LogP contribution >= 0.6 is 11.6 Å². The number of carbonyl (C=O) groups excluding carboxylic acids is 1. The molecule has 0 spiro atoms. The first-order valence-electron chi connectivity index (χ1n) is 8.70. The molecule has 4 rings (SSSR count). The fourth-order valence-electron chi connectivity index (χ4n) is 3.33. The van der Waals surface area contributed by atoms with Crippen LogP contribution in [0.25, 0.3) is 5.70 Å². The van der Waals surface area contributed by atoms with Crippen LogP contribution in [0.1, 0.15) is 16.7 Å². The van der Waals surface area contributed by atoms with Crippen molar-refractivity contribution in [3.8, 4) is 0 Å². The van der Waals surface area contributed by atoms with Gasteiger partial charge in [-0.2, -0.15) is 0 Å². The number of hydrogen-bond acceptors (Lipinski definition) is 2. The number of aliphatic hydroxyl groups is 1. The maximum atomic E-state index is 13.3. The smallest absolute Gasteiger partial charge is 0.268 e. The number of carbonyl (C=O) groups is 1. The predicted molar refractivity (Wildman–Crippen MR) is 107 cm³/mol. The zero-order valence-electron chi connectivity index (χ0n) is 14.5. The van der Waals surface area contributed by atoms with E-state index in [4.69, 9.17) is 11.6 Å². The molecule has 1 N–H and O–H groups in total. The molecule has 1 atom stereocenters. The summed E-state index contributed by atoms with van der Waals surface area (Å²) in [5.41, 5.74) is 1.35. The molecule has 0 aliphatic carbocycles. The lowest BCUT2D eigenvalue weighted by Gasteiger charge is -2.25. The molecule has 0 saturated heterocycles. The van der Waals surface area contributed by atoms with Crippen molar-refractivity contribution in [3.05, 3.63) is 113 Å². The van der Waals surface area contributed by atoms with Crippen LogP contribution in [0, 0.1) is 0 Å². The largest absolute Gasteiger partial charge is 0.372 e. The Morgan fingerprint density at radius 2 is 1.44 bits per heavy atom. The first-order chi connectivity index (χ1) is 13.1. The number of hydrogen-bond donors (Lipinski definition) is 1. The molecule has 27 heavy (non-hydrogen) atoms. The van der Waals surface area contributed by atoms with Crippen molar-refractivity contribution in [2.45, 2.75) is 12.1 Å². The molecule has 0 aromatic heterocycles. The molecule has 0 saturated carbocycles. The van der Waals surface area contributed by atoms with Gasteiger partial charge in [0.1, 0.15) is 0 Å². The van der Waals surface area contributed by atoms with E-state index in [1.165, 1.54) is 0 Å². The summed E-state index contributed by atoms with van der Waals surface area (Å²) in [5.74, 6) is -0.368. The van der Waals surface area contributed by atoms with Crippen LogP contribution in [-0.4, -0.2) is 15.9 Å². The SMILES string of the molecule is O=C1N(Cc2ccccc2)C(c2ccccc2)=C[C@]1(O)c1ccc(Cl)cc1. The summed E-state index contributed by atoms with van der Waals surface area (Å²) in [6.45, 7) is 0.385. The standard InChI is InChI=1S/C23H18ClNO2/c24-20-13-11-19(12-14-20)23(27)15-21(18-9-5-2-6-10-18)25(22(23)26)16-17-7-3-1-4-8-17/h1-15,27H,16H2/t23-/m0/s1. The average Bonchev–Trinajstić information content (AvgIpc) is 2.96. The maximum Gasteiger partial charge on any atom is 0.268 e. The van der Waals surface area contributed by atoms with Crippen LogP contribution in [0.3, 0.4) is 0 Å². The van der Waals surface area contributed by atoms with Crippen molar-refractivity contribution < 1.29 is 9.90 Å². The molecule has 134 valence electrons. The number of amides is 1. The van der Waals surface area contributed by atoms with E-state index in [-0.39, 0.29) is 5.91 Å². The fraction of sp³-hybridized carbons (Fsp3) is 0.0870. The molecule has 1 aliphatic rings. The van der Waals surface area contributed by atoms with Gasteiger partial charge in [0, 0.05) is 5.02 Å². The summed E-state index contributed by atoms with van der Waals surface area (Å²) >= 11 is 5.97. The first-order valence-corrected chi connectivity index (χ1v) is 9.08. The Morgan fingerprint density at radius 1 is 0.852 bits per heavy atom. The number of benzene rings is 3. The van der Waals surface area contributed by atoms with Gasteiger partial charge in [0.25, 0.3) is 5.91 Å². The number of halogens is 1. The predicted octanol–water partition coefficient (Wildman–Crippen LogP) is 4.61. The molecule has 0 radical (unpaired) electrons. The minimum atomic E-state index is -1.72. The van der Waals surface area contributed by atoms with Crippen molar-refractivity contribution >= 4 is 23.2 Å². The Balaban J connectivity index is 1.79. The van der Waals surface area contributed by atoms with E-state index in [1.807, 2.05) is 60.7 Å². The van der Waals surface area contributed by atoms with Crippen LogP contribution in [0.15, 0.2) is 91.0 Å². The monoisotopic (exact) mass is 375 g/mol. The Labute approximate surface area is 163 Å². The van der Waals surface area contributed by atoms with Gasteiger partial charge in [-0.05, 0) is 34.9 Å².